The Kier molecular flexibility index (Phi) is 3.39. The lowest BCUT2D eigenvalue weighted by Gasteiger charge is -2.11. The predicted octanol–water partition coefficient (Wildman–Crippen LogP) is 3.25. The Morgan fingerprint density at radius 2 is 1.84 bits per heavy atom. The summed E-state index contributed by atoms with van der Waals surface area (Å²) in [6.07, 6.45) is 0. The number of pyridine rings is 1. The molecule has 0 fully saturated rings. The SMILES string of the molecule is Cc1cc(C#N)cc(Oc2cc(C)c(N)cc2C)n1. The van der Waals surface area contributed by atoms with Gasteiger partial charge in [0.2, 0.25) is 5.88 Å². The van der Waals surface area contributed by atoms with Gasteiger partial charge in [-0.2, -0.15) is 5.26 Å². The molecular weight excluding hydrogens is 238 g/mol. The number of nitrogens with zero attached hydrogens (tertiary/aromatic N) is 2. The number of benzene rings is 1. The maximum absolute atomic E-state index is 8.94. The minimum atomic E-state index is 0.420. The first kappa shape index (κ1) is 12.9. The molecule has 0 saturated carbocycles. The lowest BCUT2D eigenvalue weighted by molar-refractivity contribution is 0.458. The van der Waals surface area contributed by atoms with Crippen molar-refractivity contribution >= 4 is 5.69 Å². The van der Waals surface area contributed by atoms with Gasteiger partial charge in [-0.15, -0.1) is 0 Å². The Morgan fingerprint density at radius 1 is 1.11 bits per heavy atom. The monoisotopic (exact) mass is 253 g/mol. The number of nitrogens with two attached hydrogens (primary N) is 1. The second-order valence-corrected chi connectivity index (χ2v) is 4.52. The molecule has 0 saturated heterocycles. The van der Waals surface area contributed by atoms with E-state index in [2.05, 4.69) is 11.1 Å². The van der Waals surface area contributed by atoms with Gasteiger partial charge in [-0.05, 0) is 50.1 Å². The third-order valence-electron chi connectivity index (χ3n) is 2.84. The van der Waals surface area contributed by atoms with E-state index in [9.17, 15) is 0 Å². The fraction of sp³-hybridized carbons (Fsp3) is 0.200. The molecule has 1 heterocycles. The zero-order valence-corrected chi connectivity index (χ0v) is 11.2. The zero-order chi connectivity index (χ0) is 14.0. The third-order valence-corrected chi connectivity index (χ3v) is 2.84. The predicted molar refractivity (Wildman–Crippen MR) is 74.1 cm³/mol. The number of aryl methyl sites for hydroxylation is 3. The minimum Gasteiger partial charge on any atom is -0.439 e. The highest BCUT2D eigenvalue weighted by atomic mass is 16.5. The zero-order valence-electron chi connectivity index (χ0n) is 11.2. The van der Waals surface area contributed by atoms with Gasteiger partial charge in [0.1, 0.15) is 5.75 Å². The molecule has 0 amide bonds. The topological polar surface area (TPSA) is 71.9 Å². The van der Waals surface area contributed by atoms with Crippen molar-refractivity contribution in [2.45, 2.75) is 20.8 Å². The van der Waals surface area contributed by atoms with Gasteiger partial charge in [-0.25, -0.2) is 4.98 Å². The van der Waals surface area contributed by atoms with E-state index >= 15 is 0 Å². The summed E-state index contributed by atoms with van der Waals surface area (Å²) in [5.74, 6) is 1.12. The summed E-state index contributed by atoms with van der Waals surface area (Å²) in [5.41, 5.74) is 9.75. The van der Waals surface area contributed by atoms with Crippen molar-refractivity contribution in [3.05, 3.63) is 46.6 Å². The van der Waals surface area contributed by atoms with Crippen molar-refractivity contribution in [1.29, 1.82) is 5.26 Å². The van der Waals surface area contributed by atoms with Gasteiger partial charge in [-0.1, -0.05) is 0 Å². The number of aromatic nitrogens is 1. The minimum absolute atomic E-state index is 0.420. The first-order chi connectivity index (χ1) is 8.99. The first-order valence-corrected chi connectivity index (χ1v) is 5.93. The number of hydrogen-bond donors (Lipinski definition) is 1. The van der Waals surface area contributed by atoms with Crippen LogP contribution < -0.4 is 10.5 Å². The number of ether oxygens (including phenoxy) is 1. The van der Waals surface area contributed by atoms with Crippen molar-refractivity contribution in [3.8, 4) is 17.7 Å². The molecule has 0 aliphatic rings. The second-order valence-electron chi connectivity index (χ2n) is 4.52. The fourth-order valence-electron chi connectivity index (χ4n) is 1.79. The standard InChI is InChI=1S/C15H15N3O/c1-9-5-14(10(2)4-13(9)17)19-15-7-12(8-16)6-11(3)18-15/h4-7H,17H2,1-3H3. The normalized spacial score (nSPS) is 10.0. The molecule has 96 valence electrons. The van der Waals surface area contributed by atoms with E-state index < -0.39 is 0 Å². The van der Waals surface area contributed by atoms with Crippen molar-refractivity contribution in [2.24, 2.45) is 0 Å². The summed E-state index contributed by atoms with van der Waals surface area (Å²) < 4.78 is 5.75. The molecule has 4 nitrogen and oxygen atoms in total. The van der Waals surface area contributed by atoms with Crippen molar-refractivity contribution < 1.29 is 4.74 Å². The first-order valence-electron chi connectivity index (χ1n) is 5.93. The summed E-state index contributed by atoms with van der Waals surface area (Å²) in [6.45, 7) is 5.67. The van der Waals surface area contributed by atoms with Crippen LogP contribution in [0.2, 0.25) is 0 Å². The van der Waals surface area contributed by atoms with E-state index in [1.54, 1.807) is 12.1 Å². The van der Waals surface area contributed by atoms with Gasteiger partial charge in [0.05, 0.1) is 11.6 Å². The van der Waals surface area contributed by atoms with E-state index in [-0.39, 0.29) is 0 Å². The lowest BCUT2D eigenvalue weighted by Crippen LogP contribution is -1.96. The van der Waals surface area contributed by atoms with E-state index in [0.29, 0.717) is 17.2 Å². The molecule has 2 N–H and O–H groups in total. The average molecular weight is 253 g/mol. The molecule has 0 bridgehead atoms. The number of nitriles is 1. The summed E-state index contributed by atoms with van der Waals surface area (Å²) in [7, 11) is 0. The van der Waals surface area contributed by atoms with Crippen LogP contribution >= 0.6 is 0 Å². The van der Waals surface area contributed by atoms with Crippen molar-refractivity contribution in [3.63, 3.8) is 0 Å². The number of hydrogen-bond acceptors (Lipinski definition) is 4. The van der Waals surface area contributed by atoms with Gasteiger partial charge < -0.3 is 10.5 Å². The molecule has 0 radical (unpaired) electrons. The van der Waals surface area contributed by atoms with Crippen LogP contribution in [0, 0.1) is 32.1 Å². The van der Waals surface area contributed by atoms with Crippen LogP contribution in [0.5, 0.6) is 11.6 Å². The average Bonchev–Trinajstić information content (AvgIpc) is 2.35. The van der Waals surface area contributed by atoms with Gasteiger partial charge in [0.15, 0.2) is 0 Å². The van der Waals surface area contributed by atoms with Crippen LogP contribution in [-0.4, -0.2) is 4.98 Å². The summed E-state index contributed by atoms with van der Waals surface area (Å²) >= 11 is 0. The van der Waals surface area contributed by atoms with Gasteiger partial charge >= 0.3 is 0 Å². The fourth-order valence-corrected chi connectivity index (χ4v) is 1.79. The summed E-state index contributed by atoms with van der Waals surface area (Å²) in [5, 5.41) is 8.94. The smallest absolute Gasteiger partial charge is 0.220 e. The Bertz CT molecular complexity index is 672. The third kappa shape index (κ3) is 2.83. The molecule has 0 spiro atoms. The van der Waals surface area contributed by atoms with Crippen LogP contribution in [0.3, 0.4) is 0 Å². The van der Waals surface area contributed by atoms with Gasteiger partial charge in [-0.3, -0.25) is 0 Å². The van der Waals surface area contributed by atoms with E-state index in [4.69, 9.17) is 15.7 Å². The molecule has 1 aromatic heterocycles. The number of anilines is 1. The van der Waals surface area contributed by atoms with Crippen LogP contribution in [-0.2, 0) is 0 Å². The maximum Gasteiger partial charge on any atom is 0.220 e. The lowest BCUT2D eigenvalue weighted by atomic mass is 10.1. The molecule has 0 aliphatic heterocycles. The Balaban J connectivity index is 2.39. The Morgan fingerprint density at radius 3 is 2.53 bits per heavy atom. The molecule has 19 heavy (non-hydrogen) atoms. The number of nitrogen functional groups attached to an aromatic ring is 1. The molecule has 2 rings (SSSR count). The molecule has 4 heteroatoms. The highest BCUT2D eigenvalue weighted by Crippen LogP contribution is 2.28. The van der Waals surface area contributed by atoms with Gasteiger partial charge in [0.25, 0.3) is 0 Å². The van der Waals surface area contributed by atoms with E-state index in [1.165, 1.54) is 0 Å². The molecule has 0 unspecified atom stereocenters. The van der Waals surface area contributed by atoms with Crippen LogP contribution in [0.4, 0.5) is 5.69 Å². The van der Waals surface area contributed by atoms with Crippen LogP contribution in [0.1, 0.15) is 22.4 Å². The van der Waals surface area contributed by atoms with Crippen LogP contribution in [0.15, 0.2) is 24.3 Å². The van der Waals surface area contributed by atoms with E-state index in [0.717, 1.165) is 22.5 Å². The molecule has 2 aromatic rings. The van der Waals surface area contributed by atoms with Crippen molar-refractivity contribution in [1.82, 2.24) is 4.98 Å². The Labute approximate surface area is 112 Å². The van der Waals surface area contributed by atoms with Crippen LogP contribution in [0.25, 0.3) is 0 Å². The summed E-state index contributed by atoms with van der Waals surface area (Å²) in [4.78, 5) is 4.27. The molecule has 0 aliphatic carbocycles. The highest BCUT2D eigenvalue weighted by molar-refractivity contribution is 5.54. The Hall–Kier alpha value is -2.54. The molecular formula is C15H15N3O. The maximum atomic E-state index is 8.94. The summed E-state index contributed by atoms with van der Waals surface area (Å²) in [6, 6.07) is 9.17. The van der Waals surface area contributed by atoms with Gasteiger partial charge in [0, 0.05) is 17.4 Å². The number of rotatable bonds is 2. The second kappa shape index (κ2) is 4.99. The highest BCUT2D eigenvalue weighted by Gasteiger charge is 2.07. The molecule has 0 atom stereocenters. The van der Waals surface area contributed by atoms with Crippen molar-refractivity contribution in [2.75, 3.05) is 5.73 Å². The van der Waals surface area contributed by atoms with E-state index in [1.807, 2.05) is 32.9 Å². The quantitative estimate of drug-likeness (QED) is 0.834. The molecule has 1 aromatic carbocycles. The largest absolute Gasteiger partial charge is 0.439 e.